The van der Waals surface area contributed by atoms with Crippen molar-refractivity contribution in [1.29, 1.82) is 10.8 Å². The largest absolute Gasteiger partial charge is 0.342 e. The maximum absolute atomic E-state index is 13.1. The highest BCUT2D eigenvalue weighted by Crippen LogP contribution is 2.09. The minimum atomic E-state index is -0.419. The van der Waals surface area contributed by atoms with Crippen molar-refractivity contribution in [3.63, 3.8) is 0 Å². The maximum atomic E-state index is 13.1. The Morgan fingerprint density at radius 3 is 2.56 bits per heavy atom. The van der Waals surface area contributed by atoms with Gasteiger partial charge in [0.1, 0.15) is 11.3 Å². The van der Waals surface area contributed by atoms with Crippen molar-refractivity contribution in [1.82, 2.24) is 9.47 Å². The molecule has 1 aliphatic heterocycles. The molecule has 86 valence electrons. The van der Waals surface area contributed by atoms with Gasteiger partial charge in [0.15, 0.2) is 0 Å². The van der Waals surface area contributed by atoms with Crippen molar-refractivity contribution in [3.8, 4) is 0 Å². The van der Waals surface area contributed by atoms with Gasteiger partial charge in [-0.15, -0.1) is 0 Å². The molecule has 0 atom stereocenters. The summed E-state index contributed by atoms with van der Waals surface area (Å²) in [5.41, 5.74) is 0.136. The monoisotopic (exact) mass is 222 g/mol. The lowest BCUT2D eigenvalue weighted by Gasteiger charge is -2.29. The Balaban J connectivity index is 2.25. The van der Waals surface area contributed by atoms with Crippen LogP contribution >= 0.6 is 0 Å². The Morgan fingerprint density at radius 2 is 1.88 bits per heavy atom. The average Bonchev–Trinajstić information content (AvgIpc) is 2.32. The van der Waals surface area contributed by atoms with E-state index in [1.807, 2.05) is 4.90 Å². The van der Waals surface area contributed by atoms with Crippen LogP contribution in [0.2, 0.25) is 0 Å². The number of piperidine rings is 1. The van der Waals surface area contributed by atoms with Gasteiger partial charge in [-0.2, -0.15) is 0 Å². The number of hydrogen-bond donors (Lipinski definition) is 2. The summed E-state index contributed by atoms with van der Waals surface area (Å²) in [4.78, 5) is 1.89. The Labute approximate surface area is 93.3 Å². The molecule has 1 fully saturated rings. The predicted molar refractivity (Wildman–Crippen MR) is 58.8 cm³/mol. The van der Waals surface area contributed by atoms with Gasteiger partial charge in [-0.3, -0.25) is 15.4 Å². The molecular formula is C11H15FN4. The van der Waals surface area contributed by atoms with Crippen molar-refractivity contribution in [2.45, 2.75) is 19.3 Å². The first kappa shape index (κ1) is 10.9. The Morgan fingerprint density at radius 1 is 1.19 bits per heavy atom. The summed E-state index contributed by atoms with van der Waals surface area (Å²) in [6, 6.07) is 2.61. The van der Waals surface area contributed by atoms with Gasteiger partial charge in [-0.25, -0.2) is 4.39 Å². The lowest BCUT2D eigenvalue weighted by atomic mass is 10.1. The van der Waals surface area contributed by atoms with Crippen molar-refractivity contribution in [2.75, 3.05) is 13.1 Å². The molecule has 0 radical (unpaired) electrons. The molecule has 0 spiro atoms. The first-order chi connectivity index (χ1) is 7.68. The summed E-state index contributed by atoms with van der Waals surface area (Å²) in [6.45, 7) is 1.64. The third kappa shape index (κ3) is 2.13. The molecule has 0 saturated carbocycles. The highest BCUT2D eigenvalue weighted by atomic mass is 19.1. The van der Waals surface area contributed by atoms with Crippen LogP contribution in [0, 0.1) is 16.6 Å². The van der Waals surface area contributed by atoms with Crippen LogP contribution in [0.1, 0.15) is 19.3 Å². The second kappa shape index (κ2) is 4.47. The summed E-state index contributed by atoms with van der Waals surface area (Å²) < 4.78 is 14.3. The third-order valence-electron chi connectivity index (χ3n) is 2.80. The van der Waals surface area contributed by atoms with Gasteiger partial charge in [0.05, 0.1) is 0 Å². The topological polar surface area (TPSA) is 55.9 Å². The summed E-state index contributed by atoms with van der Waals surface area (Å²) in [7, 11) is 0. The van der Waals surface area contributed by atoms with E-state index < -0.39 is 5.82 Å². The standard InChI is InChI=1S/C11H15FN4/c12-9-4-5-10(13)16(8-9)11(14)15-6-2-1-3-7-15/h4-5,8,13-14H,1-3,6-7H2. The van der Waals surface area contributed by atoms with Crippen LogP contribution in [-0.4, -0.2) is 28.5 Å². The van der Waals surface area contributed by atoms with Gasteiger partial charge in [0, 0.05) is 19.3 Å². The van der Waals surface area contributed by atoms with E-state index in [0.717, 1.165) is 25.9 Å². The van der Waals surface area contributed by atoms with Gasteiger partial charge < -0.3 is 4.90 Å². The fourth-order valence-corrected chi connectivity index (χ4v) is 1.91. The van der Waals surface area contributed by atoms with Crippen molar-refractivity contribution in [2.24, 2.45) is 0 Å². The molecule has 1 aromatic rings. The molecular weight excluding hydrogens is 207 g/mol. The van der Waals surface area contributed by atoms with Crippen LogP contribution in [-0.2, 0) is 0 Å². The molecule has 1 saturated heterocycles. The highest BCUT2D eigenvalue weighted by molar-refractivity contribution is 5.79. The summed E-state index contributed by atoms with van der Waals surface area (Å²) in [6.07, 6.45) is 4.50. The fourth-order valence-electron chi connectivity index (χ4n) is 1.91. The van der Waals surface area contributed by atoms with Gasteiger partial charge in [0.25, 0.3) is 0 Å². The molecule has 0 bridgehead atoms. The number of aromatic nitrogens is 1. The van der Waals surface area contributed by atoms with E-state index in [4.69, 9.17) is 10.8 Å². The number of likely N-dealkylation sites (tertiary alicyclic amines) is 1. The first-order valence-corrected chi connectivity index (χ1v) is 5.45. The molecule has 0 amide bonds. The molecule has 2 rings (SSSR count). The molecule has 0 aromatic carbocycles. The molecule has 0 aliphatic carbocycles. The average molecular weight is 222 g/mol. The van der Waals surface area contributed by atoms with Crippen LogP contribution in [0.15, 0.2) is 18.3 Å². The summed E-state index contributed by atoms with van der Waals surface area (Å²) in [5.74, 6) is -0.220. The van der Waals surface area contributed by atoms with Crippen molar-refractivity contribution in [3.05, 3.63) is 29.6 Å². The first-order valence-electron chi connectivity index (χ1n) is 5.45. The Bertz CT molecular complexity index is 446. The van der Waals surface area contributed by atoms with E-state index in [1.165, 1.54) is 29.3 Å². The van der Waals surface area contributed by atoms with Gasteiger partial charge in [-0.05, 0) is 31.4 Å². The fraction of sp³-hybridized carbons (Fsp3) is 0.455. The van der Waals surface area contributed by atoms with E-state index in [-0.39, 0.29) is 11.4 Å². The number of rotatable bonds is 0. The third-order valence-corrected chi connectivity index (χ3v) is 2.80. The Kier molecular flexibility index (Phi) is 3.03. The number of nitrogens with zero attached hydrogens (tertiary/aromatic N) is 2. The van der Waals surface area contributed by atoms with Gasteiger partial charge >= 0.3 is 0 Å². The maximum Gasteiger partial charge on any atom is 0.203 e. The molecule has 2 N–H and O–H groups in total. The smallest absolute Gasteiger partial charge is 0.203 e. The van der Waals surface area contributed by atoms with E-state index in [0.29, 0.717) is 0 Å². The molecule has 5 heteroatoms. The highest BCUT2D eigenvalue weighted by Gasteiger charge is 2.15. The van der Waals surface area contributed by atoms with Crippen LogP contribution in [0.5, 0.6) is 0 Å². The molecule has 4 nitrogen and oxygen atoms in total. The number of nitrogens with one attached hydrogen (secondary N) is 2. The van der Waals surface area contributed by atoms with Crippen LogP contribution in [0.4, 0.5) is 4.39 Å². The molecule has 2 heterocycles. The van der Waals surface area contributed by atoms with E-state index in [2.05, 4.69) is 0 Å². The zero-order valence-electron chi connectivity index (χ0n) is 9.04. The Hall–Kier alpha value is -1.65. The quantitative estimate of drug-likeness (QED) is 0.505. The molecule has 0 unspecified atom stereocenters. The number of pyridine rings is 1. The zero-order valence-corrected chi connectivity index (χ0v) is 9.04. The minimum Gasteiger partial charge on any atom is -0.342 e. The molecule has 16 heavy (non-hydrogen) atoms. The second-order valence-electron chi connectivity index (χ2n) is 3.97. The number of halogens is 1. The van der Waals surface area contributed by atoms with Crippen molar-refractivity contribution < 1.29 is 4.39 Å². The lowest BCUT2D eigenvalue weighted by molar-refractivity contribution is 0.330. The number of hydrogen-bond acceptors (Lipinski definition) is 2. The SMILES string of the molecule is N=C(N1CCCCC1)n1cc(F)ccc1=N. The summed E-state index contributed by atoms with van der Waals surface area (Å²) in [5, 5.41) is 15.6. The van der Waals surface area contributed by atoms with Crippen LogP contribution in [0.25, 0.3) is 0 Å². The minimum absolute atomic E-state index is 0.136. The van der Waals surface area contributed by atoms with Crippen molar-refractivity contribution >= 4 is 5.96 Å². The normalized spacial score (nSPS) is 16.2. The van der Waals surface area contributed by atoms with Crippen LogP contribution in [0.3, 0.4) is 0 Å². The second-order valence-corrected chi connectivity index (χ2v) is 3.97. The van der Waals surface area contributed by atoms with Gasteiger partial charge in [0.2, 0.25) is 5.96 Å². The van der Waals surface area contributed by atoms with Crippen LogP contribution < -0.4 is 5.49 Å². The van der Waals surface area contributed by atoms with E-state index in [1.54, 1.807) is 0 Å². The van der Waals surface area contributed by atoms with E-state index in [9.17, 15) is 4.39 Å². The molecule has 1 aliphatic rings. The lowest BCUT2D eigenvalue weighted by Crippen LogP contribution is -2.43. The predicted octanol–water partition coefficient (Wildman–Crippen LogP) is 1.38. The van der Waals surface area contributed by atoms with Gasteiger partial charge in [-0.1, -0.05) is 0 Å². The zero-order chi connectivity index (χ0) is 11.5. The molecule has 1 aromatic heterocycles. The summed E-state index contributed by atoms with van der Waals surface area (Å²) >= 11 is 0. The van der Waals surface area contributed by atoms with E-state index >= 15 is 0 Å².